The zero-order valence-corrected chi connectivity index (χ0v) is 12.2. The molecule has 0 aliphatic rings. The number of carbonyl (C=O) groups is 1. The van der Waals surface area contributed by atoms with Gasteiger partial charge in [0.15, 0.2) is 0 Å². The van der Waals surface area contributed by atoms with E-state index in [0.29, 0.717) is 16.5 Å². The summed E-state index contributed by atoms with van der Waals surface area (Å²) in [5, 5.41) is 5.10. The third kappa shape index (κ3) is 2.65. The van der Waals surface area contributed by atoms with Gasteiger partial charge in [0, 0.05) is 0 Å². The van der Waals surface area contributed by atoms with Crippen LogP contribution in [0.1, 0.15) is 5.69 Å². The van der Waals surface area contributed by atoms with E-state index in [4.69, 9.17) is 5.73 Å². The fourth-order valence-electron chi connectivity index (χ4n) is 1.67. The van der Waals surface area contributed by atoms with E-state index in [1.54, 1.807) is 5.38 Å². The summed E-state index contributed by atoms with van der Waals surface area (Å²) in [6.07, 6.45) is 0.208. The minimum absolute atomic E-state index is 0.105. The van der Waals surface area contributed by atoms with Crippen LogP contribution in [0.5, 0.6) is 0 Å². The molecule has 96 valence electrons. The Labute approximate surface area is 118 Å². The molecule has 19 heavy (non-hydrogen) atoms. The van der Waals surface area contributed by atoms with Gasteiger partial charge >= 0.3 is 119 Å². The van der Waals surface area contributed by atoms with Crippen LogP contribution in [-0.4, -0.2) is 33.8 Å². The number of fused-ring (bicyclic) bond motifs is 1. The molecule has 0 atom stereocenters. The molecular weight excluding hydrogens is 329 g/mol. The van der Waals surface area contributed by atoms with Crippen LogP contribution >= 0.6 is 11.3 Å². The molecule has 6 nitrogen and oxygen atoms in total. The first kappa shape index (κ1) is 12.3. The van der Waals surface area contributed by atoms with E-state index < -0.39 is 0 Å². The van der Waals surface area contributed by atoms with Crippen molar-refractivity contribution in [2.75, 3.05) is 11.1 Å². The Morgan fingerprint density at radius 1 is 1.42 bits per heavy atom. The molecular formula is C11H9N5OSSe. The Kier molecular flexibility index (Phi) is 3.29. The molecule has 1 aromatic carbocycles. The number of thiazole rings is 1. The predicted molar refractivity (Wildman–Crippen MR) is 75.3 cm³/mol. The zero-order chi connectivity index (χ0) is 13.2. The molecule has 1 amide bonds. The van der Waals surface area contributed by atoms with Crippen molar-refractivity contribution in [1.29, 1.82) is 0 Å². The molecule has 3 rings (SSSR count). The number of nitrogens with two attached hydrogens (primary N) is 1. The van der Waals surface area contributed by atoms with Gasteiger partial charge in [-0.3, -0.25) is 0 Å². The van der Waals surface area contributed by atoms with E-state index in [1.165, 1.54) is 11.3 Å². The Bertz CT molecular complexity index is 737. The standard InChI is InChI=1S/C11H9N5OSSe/c12-11-13-6(5-18-11)4-9(17)14-7-2-1-3-8-10(7)16-19-15-8/h1-3,5H,4H2,(H2,12,13)(H,14,17). The molecule has 0 fully saturated rings. The van der Waals surface area contributed by atoms with Crippen molar-refractivity contribution in [2.24, 2.45) is 0 Å². The van der Waals surface area contributed by atoms with E-state index in [1.807, 2.05) is 18.2 Å². The van der Waals surface area contributed by atoms with Gasteiger partial charge in [0.25, 0.3) is 0 Å². The van der Waals surface area contributed by atoms with Gasteiger partial charge in [-0.25, -0.2) is 0 Å². The Balaban J connectivity index is 1.77. The molecule has 0 bridgehead atoms. The summed E-state index contributed by atoms with van der Waals surface area (Å²) in [4.78, 5) is 16.0. The summed E-state index contributed by atoms with van der Waals surface area (Å²) in [7, 11) is 0. The summed E-state index contributed by atoms with van der Waals surface area (Å²) in [6.45, 7) is 0. The van der Waals surface area contributed by atoms with Crippen LogP contribution < -0.4 is 11.1 Å². The molecule has 8 heteroatoms. The normalized spacial score (nSPS) is 10.7. The van der Waals surface area contributed by atoms with Crippen LogP contribution in [0.4, 0.5) is 10.8 Å². The number of hydrogen-bond acceptors (Lipinski definition) is 6. The summed E-state index contributed by atoms with van der Waals surface area (Å²) < 4.78 is 8.58. The summed E-state index contributed by atoms with van der Waals surface area (Å²) in [5.74, 6) is -0.131. The van der Waals surface area contributed by atoms with Gasteiger partial charge in [0.1, 0.15) is 0 Å². The van der Waals surface area contributed by atoms with E-state index in [2.05, 4.69) is 18.3 Å². The van der Waals surface area contributed by atoms with Gasteiger partial charge in [0.05, 0.1) is 0 Å². The molecule has 3 aromatic rings. The average Bonchev–Trinajstić information content (AvgIpc) is 2.98. The molecule has 0 saturated carbocycles. The van der Waals surface area contributed by atoms with Gasteiger partial charge in [-0.05, 0) is 0 Å². The van der Waals surface area contributed by atoms with Crippen LogP contribution in [0, 0.1) is 0 Å². The first-order chi connectivity index (χ1) is 9.22. The molecule has 0 radical (unpaired) electrons. The average molecular weight is 338 g/mol. The summed E-state index contributed by atoms with van der Waals surface area (Å²) >= 11 is 1.22. The molecule has 0 aliphatic carbocycles. The Hall–Kier alpha value is -1.76. The number of benzene rings is 1. The second-order valence-electron chi connectivity index (χ2n) is 3.84. The number of nitrogens with zero attached hydrogens (tertiary/aromatic N) is 3. The van der Waals surface area contributed by atoms with Crippen LogP contribution in [0.15, 0.2) is 23.6 Å². The van der Waals surface area contributed by atoms with Crippen molar-refractivity contribution in [3.05, 3.63) is 29.3 Å². The number of aromatic nitrogens is 3. The van der Waals surface area contributed by atoms with E-state index in [9.17, 15) is 4.79 Å². The number of nitrogen functional groups attached to an aromatic ring is 1. The van der Waals surface area contributed by atoms with E-state index >= 15 is 0 Å². The molecule has 0 aliphatic heterocycles. The topological polar surface area (TPSA) is 93.8 Å². The van der Waals surface area contributed by atoms with Crippen LogP contribution in [-0.2, 0) is 11.2 Å². The number of rotatable bonds is 3. The zero-order valence-electron chi connectivity index (χ0n) is 9.66. The third-order valence-electron chi connectivity index (χ3n) is 2.47. The number of carbonyl (C=O) groups excluding carboxylic acids is 1. The Morgan fingerprint density at radius 2 is 2.32 bits per heavy atom. The fourth-order valence-corrected chi connectivity index (χ4v) is 3.39. The quantitative estimate of drug-likeness (QED) is 0.692. The van der Waals surface area contributed by atoms with Crippen molar-refractivity contribution >= 4 is 54.1 Å². The second-order valence-corrected chi connectivity index (χ2v) is 5.84. The molecule has 0 unspecified atom stereocenters. The Morgan fingerprint density at radius 3 is 3.11 bits per heavy atom. The van der Waals surface area contributed by atoms with Crippen molar-refractivity contribution in [3.63, 3.8) is 0 Å². The number of amides is 1. The summed E-state index contributed by atoms with van der Waals surface area (Å²) in [6, 6.07) is 5.58. The van der Waals surface area contributed by atoms with Crippen molar-refractivity contribution in [3.8, 4) is 0 Å². The number of hydrogen-bond donors (Lipinski definition) is 2. The minimum atomic E-state index is -0.131. The maximum absolute atomic E-state index is 11.9. The number of anilines is 2. The molecule has 2 heterocycles. The van der Waals surface area contributed by atoms with Gasteiger partial charge in [-0.2, -0.15) is 0 Å². The fraction of sp³-hybridized carbons (Fsp3) is 0.0909. The monoisotopic (exact) mass is 339 g/mol. The third-order valence-corrected chi connectivity index (χ3v) is 4.33. The predicted octanol–water partition coefficient (Wildman–Crippen LogP) is 0.907. The maximum atomic E-state index is 11.9. The van der Waals surface area contributed by atoms with E-state index in [0.717, 1.165) is 11.0 Å². The molecule has 0 saturated heterocycles. The van der Waals surface area contributed by atoms with Gasteiger partial charge in [-0.1, -0.05) is 0 Å². The molecule has 0 spiro atoms. The van der Waals surface area contributed by atoms with Gasteiger partial charge in [-0.15, -0.1) is 0 Å². The first-order valence-electron chi connectivity index (χ1n) is 5.43. The van der Waals surface area contributed by atoms with Gasteiger partial charge in [0.2, 0.25) is 0 Å². The van der Waals surface area contributed by atoms with Crippen LogP contribution in [0.3, 0.4) is 0 Å². The van der Waals surface area contributed by atoms with Crippen LogP contribution in [0.2, 0.25) is 0 Å². The molecule has 2 aromatic heterocycles. The van der Waals surface area contributed by atoms with Crippen molar-refractivity contribution in [1.82, 2.24) is 12.9 Å². The van der Waals surface area contributed by atoms with E-state index in [-0.39, 0.29) is 27.3 Å². The number of nitrogens with one attached hydrogen (secondary N) is 1. The SMILES string of the molecule is Nc1nc(CC(=O)Nc2cccc3n[se]nc23)cs1. The van der Waals surface area contributed by atoms with Crippen molar-refractivity contribution in [2.45, 2.75) is 6.42 Å². The second kappa shape index (κ2) is 5.08. The first-order valence-corrected chi connectivity index (χ1v) is 7.84. The van der Waals surface area contributed by atoms with Crippen molar-refractivity contribution < 1.29 is 4.79 Å². The molecule has 3 N–H and O–H groups in total. The van der Waals surface area contributed by atoms with Crippen LogP contribution in [0.25, 0.3) is 11.0 Å². The van der Waals surface area contributed by atoms with Gasteiger partial charge < -0.3 is 0 Å². The summed E-state index contributed by atoms with van der Waals surface area (Å²) in [5.41, 5.74) is 8.53.